The Bertz CT molecular complexity index is 158. The Morgan fingerprint density at radius 1 is 1.25 bits per heavy atom. The number of nitrogens with one attached hydrogen (secondary N) is 1. The first-order valence-electron chi connectivity index (χ1n) is 6.69. The molecule has 0 spiro atoms. The van der Waals surface area contributed by atoms with Crippen molar-refractivity contribution in [1.29, 1.82) is 0 Å². The van der Waals surface area contributed by atoms with E-state index in [1.54, 1.807) is 0 Å². The van der Waals surface area contributed by atoms with Crippen LogP contribution in [-0.2, 0) is 4.74 Å². The molecule has 96 valence electrons. The average molecular weight is 245 g/mol. The quantitative estimate of drug-likeness (QED) is 0.664. The summed E-state index contributed by atoms with van der Waals surface area (Å²) >= 11 is 2.15. The van der Waals surface area contributed by atoms with E-state index in [4.69, 9.17) is 4.74 Å². The minimum Gasteiger partial charge on any atom is -0.381 e. The molecular weight excluding hydrogens is 218 g/mol. The van der Waals surface area contributed by atoms with Crippen molar-refractivity contribution in [2.75, 3.05) is 32.1 Å². The maximum Gasteiger partial charge on any atom is 0.0476 e. The first-order chi connectivity index (χ1) is 7.79. The lowest BCUT2D eigenvalue weighted by Crippen LogP contribution is -2.21. The zero-order valence-corrected chi connectivity index (χ0v) is 11.7. The highest BCUT2D eigenvalue weighted by molar-refractivity contribution is 7.99. The predicted octanol–water partition coefficient (Wildman–Crippen LogP) is 2.92. The van der Waals surface area contributed by atoms with E-state index < -0.39 is 0 Å². The second kappa shape index (κ2) is 9.32. The van der Waals surface area contributed by atoms with Gasteiger partial charge in [0, 0.05) is 18.5 Å². The van der Waals surface area contributed by atoms with E-state index in [1.165, 1.54) is 38.0 Å². The molecule has 0 saturated carbocycles. The first kappa shape index (κ1) is 14.3. The van der Waals surface area contributed by atoms with Crippen LogP contribution >= 0.6 is 11.8 Å². The molecule has 1 fully saturated rings. The molecule has 0 radical (unpaired) electrons. The van der Waals surface area contributed by atoms with Crippen LogP contribution in [0.25, 0.3) is 0 Å². The maximum atomic E-state index is 5.36. The fourth-order valence-electron chi connectivity index (χ4n) is 1.84. The Morgan fingerprint density at radius 2 is 2.00 bits per heavy atom. The van der Waals surface area contributed by atoms with Crippen molar-refractivity contribution >= 4 is 11.8 Å². The molecule has 0 aromatic heterocycles. The van der Waals surface area contributed by atoms with Crippen molar-refractivity contribution in [3.8, 4) is 0 Å². The van der Waals surface area contributed by atoms with Gasteiger partial charge >= 0.3 is 0 Å². The monoisotopic (exact) mass is 245 g/mol. The van der Waals surface area contributed by atoms with E-state index in [2.05, 4.69) is 30.9 Å². The van der Waals surface area contributed by atoms with Crippen LogP contribution in [0.2, 0.25) is 0 Å². The van der Waals surface area contributed by atoms with Gasteiger partial charge in [0.1, 0.15) is 0 Å². The lowest BCUT2D eigenvalue weighted by Gasteiger charge is -2.21. The number of unbranched alkanes of at least 4 members (excludes halogenated alkanes) is 1. The van der Waals surface area contributed by atoms with E-state index in [0.717, 1.165) is 30.9 Å². The van der Waals surface area contributed by atoms with Crippen molar-refractivity contribution in [3.63, 3.8) is 0 Å². The Morgan fingerprint density at radius 3 is 2.69 bits per heavy atom. The van der Waals surface area contributed by atoms with Crippen LogP contribution in [0, 0.1) is 5.92 Å². The van der Waals surface area contributed by atoms with Gasteiger partial charge in [0.25, 0.3) is 0 Å². The van der Waals surface area contributed by atoms with Gasteiger partial charge in [-0.05, 0) is 50.4 Å². The Kier molecular flexibility index (Phi) is 8.34. The second-order valence-corrected chi connectivity index (χ2v) is 6.40. The van der Waals surface area contributed by atoms with Crippen molar-refractivity contribution in [1.82, 2.24) is 5.32 Å². The van der Waals surface area contributed by atoms with Gasteiger partial charge in [0.15, 0.2) is 0 Å². The lowest BCUT2D eigenvalue weighted by molar-refractivity contribution is 0.100. The normalized spacial score (nSPS) is 18.2. The molecule has 1 saturated heterocycles. The topological polar surface area (TPSA) is 21.3 Å². The van der Waals surface area contributed by atoms with Gasteiger partial charge in [0.2, 0.25) is 0 Å². The molecule has 2 nitrogen and oxygen atoms in total. The van der Waals surface area contributed by atoms with Gasteiger partial charge in [-0.25, -0.2) is 0 Å². The number of hydrogen-bond acceptors (Lipinski definition) is 3. The number of rotatable bonds is 8. The molecular formula is C13H27NOS. The summed E-state index contributed by atoms with van der Waals surface area (Å²) in [6.07, 6.45) is 5.20. The summed E-state index contributed by atoms with van der Waals surface area (Å²) in [7, 11) is 0. The molecule has 1 heterocycles. The van der Waals surface area contributed by atoms with Gasteiger partial charge in [-0.15, -0.1) is 0 Å². The van der Waals surface area contributed by atoms with Crippen LogP contribution in [0.1, 0.15) is 39.5 Å². The van der Waals surface area contributed by atoms with Gasteiger partial charge in [-0.3, -0.25) is 0 Å². The van der Waals surface area contributed by atoms with Crippen molar-refractivity contribution in [3.05, 3.63) is 0 Å². The predicted molar refractivity (Wildman–Crippen MR) is 73.2 cm³/mol. The third-order valence-electron chi connectivity index (χ3n) is 2.82. The highest BCUT2D eigenvalue weighted by Gasteiger charge is 2.13. The van der Waals surface area contributed by atoms with Crippen LogP contribution in [0.5, 0.6) is 0 Å². The largest absolute Gasteiger partial charge is 0.381 e. The zero-order chi connectivity index (χ0) is 11.6. The molecule has 0 amide bonds. The molecule has 0 aromatic rings. The highest BCUT2D eigenvalue weighted by Crippen LogP contribution is 2.22. The summed E-state index contributed by atoms with van der Waals surface area (Å²) in [6.45, 7) is 8.82. The minimum absolute atomic E-state index is 0.775. The molecule has 16 heavy (non-hydrogen) atoms. The average Bonchev–Trinajstić information content (AvgIpc) is 2.29. The van der Waals surface area contributed by atoms with Crippen LogP contribution < -0.4 is 5.32 Å². The fraction of sp³-hybridized carbons (Fsp3) is 1.00. The van der Waals surface area contributed by atoms with Gasteiger partial charge < -0.3 is 10.1 Å². The van der Waals surface area contributed by atoms with Crippen molar-refractivity contribution < 1.29 is 4.74 Å². The summed E-state index contributed by atoms with van der Waals surface area (Å²) in [5.41, 5.74) is 0. The Labute approximate surface area is 105 Å². The molecule has 0 unspecified atom stereocenters. The molecule has 1 rings (SSSR count). The fourth-order valence-corrected chi connectivity index (χ4v) is 3.07. The van der Waals surface area contributed by atoms with Gasteiger partial charge in [0.05, 0.1) is 0 Å². The van der Waals surface area contributed by atoms with Crippen LogP contribution in [0.4, 0.5) is 0 Å². The molecule has 1 N–H and O–H groups in total. The van der Waals surface area contributed by atoms with Crippen LogP contribution in [0.3, 0.4) is 0 Å². The summed E-state index contributed by atoms with van der Waals surface area (Å²) < 4.78 is 5.36. The molecule has 0 atom stereocenters. The zero-order valence-electron chi connectivity index (χ0n) is 10.8. The van der Waals surface area contributed by atoms with E-state index >= 15 is 0 Å². The van der Waals surface area contributed by atoms with Crippen LogP contribution in [0.15, 0.2) is 0 Å². The van der Waals surface area contributed by atoms with Gasteiger partial charge in [-0.1, -0.05) is 13.8 Å². The Hall–Kier alpha value is 0.270. The summed E-state index contributed by atoms with van der Waals surface area (Å²) in [4.78, 5) is 0. The molecule has 1 aliphatic heterocycles. The standard InChI is InChI=1S/C13H27NOS/c1-12(2)11-14-7-3-4-10-16-13-5-8-15-9-6-13/h12-14H,3-11H2,1-2H3. The third-order valence-corrected chi connectivity index (χ3v) is 4.29. The number of thioether (sulfide) groups is 1. The van der Waals surface area contributed by atoms with Gasteiger partial charge in [-0.2, -0.15) is 11.8 Å². The number of hydrogen-bond donors (Lipinski definition) is 1. The van der Waals surface area contributed by atoms with E-state index in [0.29, 0.717) is 0 Å². The smallest absolute Gasteiger partial charge is 0.0476 e. The SMILES string of the molecule is CC(C)CNCCCCSC1CCOCC1. The molecule has 0 aromatic carbocycles. The maximum absolute atomic E-state index is 5.36. The Balaban J connectivity index is 1.80. The summed E-state index contributed by atoms with van der Waals surface area (Å²) in [6, 6.07) is 0. The van der Waals surface area contributed by atoms with E-state index in [1.807, 2.05) is 0 Å². The van der Waals surface area contributed by atoms with Crippen molar-refractivity contribution in [2.45, 2.75) is 44.8 Å². The second-order valence-electron chi connectivity index (χ2n) is 4.99. The summed E-state index contributed by atoms with van der Waals surface area (Å²) in [5, 5.41) is 4.37. The van der Waals surface area contributed by atoms with E-state index in [9.17, 15) is 0 Å². The number of ether oxygens (including phenoxy) is 1. The lowest BCUT2D eigenvalue weighted by atomic mass is 10.2. The van der Waals surface area contributed by atoms with Crippen molar-refractivity contribution in [2.24, 2.45) is 5.92 Å². The minimum atomic E-state index is 0.775. The van der Waals surface area contributed by atoms with Crippen LogP contribution in [-0.4, -0.2) is 37.3 Å². The molecule has 1 aliphatic rings. The molecule has 3 heteroatoms. The first-order valence-corrected chi connectivity index (χ1v) is 7.74. The van der Waals surface area contributed by atoms with E-state index in [-0.39, 0.29) is 0 Å². The highest BCUT2D eigenvalue weighted by atomic mass is 32.2. The third kappa shape index (κ3) is 7.53. The summed E-state index contributed by atoms with van der Waals surface area (Å²) in [5.74, 6) is 2.10. The molecule has 0 aliphatic carbocycles. The molecule has 0 bridgehead atoms.